The van der Waals surface area contributed by atoms with Crippen LogP contribution in [0.15, 0.2) is 0 Å². The molecular weight excluding hydrogens is 328 g/mol. The quantitative estimate of drug-likeness (QED) is 0.221. The van der Waals surface area contributed by atoms with E-state index < -0.39 is 17.4 Å². The molecule has 4 heteroatoms. The number of unbranched alkanes of at least 4 members (excludes halogenated alkanes) is 3. The molecule has 0 aliphatic carbocycles. The zero-order valence-electron chi connectivity index (χ0n) is 18.2. The van der Waals surface area contributed by atoms with Gasteiger partial charge in [0, 0.05) is 0 Å². The standard InChI is InChI=1S/C22H42O4/c1-8-9-10-11-13-22(14-12-17(2)3,20(23)25-15-18(4)5)21(24)26-16-19(6)7/h17-19H,8-16H2,1-7H3. The average molecular weight is 371 g/mol. The number of esters is 2. The summed E-state index contributed by atoms with van der Waals surface area (Å²) in [5, 5.41) is 0. The van der Waals surface area contributed by atoms with E-state index in [1.165, 1.54) is 0 Å². The number of hydrogen-bond donors (Lipinski definition) is 0. The second kappa shape index (κ2) is 13.2. The van der Waals surface area contributed by atoms with Gasteiger partial charge in [-0.15, -0.1) is 0 Å². The first-order chi connectivity index (χ1) is 12.2. The summed E-state index contributed by atoms with van der Waals surface area (Å²) in [6.07, 6.45) is 5.94. The van der Waals surface area contributed by atoms with Crippen molar-refractivity contribution in [2.45, 2.75) is 93.4 Å². The van der Waals surface area contributed by atoms with Crippen LogP contribution >= 0.6 is 0 Å². The summed E-state index contributed by atoms with van der Waals surface area (Å²) in [5.41, 5.74) is -1.15. The number of carbonyl (C=O) groups is 2. The van der Waals surface area contributed by atoms with Gasteiger partial charge in [-0.3, -0.25) is 9.59 Å². The van der Waals surface area contributed by atoms with Gasteiger partial charge < -0.3 is 9.47 Å². The van der Waals surface area contributed by atoms with Crippen molar-refractivity contribution in [2.24, 2.45) is 23.2 Å². The van der Waals surface area contributed by atoms with Gasteiger partial charge in [-0.1, -0.05) is 74.1 Å². The maximum absolute atomic E-state index is 13.0. The molecule has 0 fully saturated rings. The minimum Gasteiger partial charge on any atom is -0.465 e. The van der Waals surface area contributed by atoms with Crippen LogP contribution in [-0.4, -0.2) is 25.2 Å². The van der Waals surface area contributed by atoms with Crippen LogP contribution in [0.2, 0.25) is 0 Å². The average Bonchev–Trinajstić information content (AvgIpc) is 2.56. The third-order valence-electron chi connectivity index (χ3n) is 4.48. The van der Waals surface area contributed by atoms with Crippen LogP contribution in [0.1, 0.15) is 93.4 Å². The van der Waals surface area contributed by atoms with E-state index in [9.17, 15) is 9.59 Å². The van der Waals surface area contributed by atoms with Gasteiger partial charge in [0.05, 0.1) is 13.2 Å². The summed E-state index contributed by atoms with van der Waals surface area (Å²) in [5.74, 6) is 0.122. The lowest BCUT2D eigenvalue weighted by molar-refractivity contribution is -0.175. The fraction of sp³-hybridized carbons (Fsp3) is 0.909. The molecule has 0 N–H and O–H groups in total. The molecule has 154 valence electrons. The highest BCUT2D eigenvalue weighted by Crippen LogP contribution is 2.36. The number of hydrogen-bond acceptors (Lipinski definition) is 4. The predicted molar refractivity (Wildman–Crippen MR) is 107 cm³/mol. The molecule has 0 aliphatic heterocycles. The maximum atomic E-state index is 13.0. The SMILES string of the molecule is CCCCCCC(CCC(C)C)(C(=O)OCC(C)C)C(=O)OCC(C)C. The highest BCUT2D eigenvalue weighted by Gasteiger charge is 2.48. The Balaban J connectivity index is 5.42. The predicted octanol–water partition coefficient (Wildman–Crippen LogP) is 5.78. The van der Waals surface area contributed by atoms with Crippen LogP contribution in [-0.2, 0) is 19.1 Å². The molecule has 26 heavy (non-hydrogen) atoms. The Morgan fingerprint density at radius 3 is 1.62 bits per heavy atom. The van der Waals surface area contributed by atoms with Gasteiger partial charge in [0.2, 0.25) is 0 Å². The molecule has 0 aromatic carbocycles. The zero-order valence-corrected chi connectivity index (χ0v) is 18.2. The normalized spacial score (nSPS) is 12.1. The molecule has 0 bridgehead atoms. The molecule has 0 spiro atoms. The Bertz CT molecular complexity index is 375. The smallest absolute Gasteiger partial charge is 0.323 e. The molecule has 0 heterocycles. The van der Waals surface area contributed by atoms with Crippen molar-refractivity contribution in [3.63, 3.8) is 0 Å². The summed E-state index contributed by atoms with van der Waals surface area (Å²) in [7, 11) is 0. The van der Waals surface area contributed by atoms with E-state index in [1.807, 2.05) is 27.7 Å². The summed E-state index contributed by atoms with van der Waals surface area (Å²) >= 11 is 0. The molecular formula is C22H42O4. The molecule has 0 aliphatic rings. The summed E-state index contributed by atoms with van der Waals surface area (Å²) in [4.78, 5) is 26.0. The molecule has 0 amide bonds. The summed E-state index contributed by atoms with van der Waals surface area (Å²) < 4.78 is 11.1. The van der Waals surface area contributed by atoms with Gasteiger partial charge in [-0.25, -0.2) is 0 Å². The first-order valence-corrected chi connectivity index (χ1v) is 10.5. The zero-order chi connectivity index (χ0) is 20.2. The fourth-order valence-electron chi connectivity index (χ4n) is 2.77. The van der Waals surface area contributed by atoms with Crippen molar-refractivity contribution in [2.75, 3.05) is 13.2 Å². The Kier molecular flexibility index (Phi) is 12.6. The van der Waals surface area contributed by atoms with E-state index in [1.54, 1.807) is 0 Å². The van der Waals surface area contributed by atoms with Crippen LogP contribution in [0.4, 0.5) is 0 Å². The van der Waals surface area contributed by atoms with Crippen LogP contribution in [0, 0.1) is 23.2 Å². The monoisotopic (exact) mass is 370 g/mol. The highest BCUT2D eigenvalue weighted by molar-refractivity contribution is 6.00. The molecule has 0 unspecified atom stereocenters. The lowest BCUT2D eigenvalue weighted by Gasteiger charge is -2.31. The van der Waals surface area contributed by atoms with Crippen molar-refractivity contribution >= 4 is 11.9 Å². The Hall–Kier alpha value is -1.06. The van der Waals surface area contributed by atoms with Crippen LogP contribution in [0.25, 0.3) is 0 Å². The van der Waals surface area contributed by atoms with Crippen molar-refractivity contribution in [1.82, 2.24) is 0 Å². The lowest BCUT2D eigenvalue weighted by Crippen LogP contribution is -2.43. The topological polar surface area (TPSA) is 52.6 Å². The molecule has 0 rings (SSSR count). The van der Waals surface area contributed by atoms with E-state index in [0.29, 0.717) is 32.0 Å². The first-order valence-electron chi connectivity index (χ1n) is 10.5. The van der Waals surface area contributed by atoms with E-state index in [0.717, 1.165) is 32.1 Å². The van der Waals surface area contributed by atoms with Crippen LogP contribution in [0.3, 0.4) is 0 Å². The Labute approximate surface area is 161 Å². The fourth-order valence-corrected chi connectivity index (χ4v) is 2.77. The number of rotatable bonds is 14. The van der Waals surface area contributed by atoms with Gasteiger partial charge >= 0.3 is 11.9 Å². The number of carbonyl (C=O) groups excluding carboxylic acids is 2. The van der Waals surface area contributed by atoms with E-state index in [-0.39, 0.29) is 11.8 Å². The van der Waals surface area contributed by atoms with Crippen molar-refractivity contribution in [3.8, 4) is 0 Å². The highest BCUT2D eigenvalue weighted by atomic mass is 16.6. The third kappa shape index (κ3) is 9.59. The second-order valence-corrected chi connectivity index (χ2v) is 8.81. The molecule has 0 aromatic rings. The van der Waals surface area contributed by atoms with E-state index in [2.05, 4.69) is 20.8 Å². The van der Waals surface area contributed by atoms with Gasteiger partial charge in [-0.05, 0) is 37.0 Å². The molecule has 0 aromatic heterocycles. The summed E-state index contributed by atoms with van der Waals surface area (Å²) in [6.45, 7) is 15.1. The molecule has 0 saturated heterocycles. The van der Waals surface area contributed by atoms with Crippen molar-refractivity contribution < 1.29 is 19.1 Å². The van der Waals surface area contributed by atoms with Gasteiger partial charge in [0.1, 0.15) is 0 Å². The van der Waals surface area contributed by atoms with Gasteiger partial charge in [-0.2, -0.15) is 0 Å². The Morgan fingerprint density at radius 2 is 1.23 bits per heavy atom. The van der Waals surface area contributed by atoms with Gasteiger partial charge in [0.25, 0.3) is 0 Å². The van der Waals surface area contributed by atoms with E-state index >= 15 is 0 Å². The number of ether oxygens (including phenoxy) is 2. The minimum absolute atomic E-state index is 0.244. The van der Waals surface area contributed by atoms with E-state index in [4.69, 9.17) is 9.47 Å². The Morgan fingerprint density at radius 1 is 0.731 bits per heavy atom. The van der Waals surface area contributed by atoms with Crippen molar-refractivity contribution in [3.05, 3.63) is 0 Å². The second-order valence-electron chi connectivity index (χ2n) is 8.81. The molecule has 0 atom stereocenters. The molecule has 0 saturated carbocycles. The van der Waals surface area contributed by atoms with Crippen molar-refractivity contribution in [1.29, 1.82) is 0 Å². The third-order valence-corrected chi connectivity index (χ3v) is 4.48. The molecule has 0 radical (unpaired) electrons. The largest absolute Gasteiger partial charge is 0.465 e. The molecule has 4 nitrogen and oxygen atoms in total. The minimum atomic E-state index is -1.15. The maximum Gasteiger partial charge on any atom is 0.323 e. The first kappa shape index (κ1) is 24.9. The summed E-state index contributed by atoms with van der Waals surface area (Å²) in [6, 6.07) is 0. The van der Waals surface area contributed by atoms with Crippen LogP contribution < -0.4 is 0 Å². The van der Waals surface area contributed by atoms with Crippen LogP contribution in [0.5, 0.6) is 0 Å². The lowest BCUT2D eigenvalue weighted by atomic mass is 9.77. The van der Waals surface area contributed by atoms with Gasteiger partial charge in [0.15, 0.2) is 5.41 Å².